The summed E-state index contributed by atoms with van der Waals surface area (Å²) in [6.45, 7) is 0.853. The van der Waals surface area contributed by atoms with Gasteiger partial charge in [-0.3, -0.25) is 4.79 Å². The molecule has 1 aliphatic heterocycles. The zero-order chi connectivity index (χ0) is 13.9. The van der Waals surface area contributed by atoms with E-state index in [1.54, 1.807) is 0 Å². The Morgan fingerprint density at radius 2 is 2.35 bits per heavy atom. The first-order valence-electron chi connectivity index (χ1n) is 7.39. The normalized spacial score (nSPS) is 28.4. The molecule has 2 aliphatic rings. The number of nitrogens with one attached hydrogen (secondary N) is 1. The molecule has 0 bridgehead atoms. The summed E-state index contributed by atoms with van der Waals surface area (Å²) in [5.41, 5.74) is 1.22. The molecule has 1 N–H and O–H groups in total. The highest BCUT2D eigenvalue weighted by Gasteiger charge is 2.39. The molecule has 1 aliphatic carbocycles. The Morgan fingerprint density at radius 1 is 1.45 bits per heavy atom. The Labute approximate surface area is 124 Å². The van der Waals surface area contributed by atoms with Gasteiger partial charge in [0.2, 0.25) is 5.91 Å². The molecular formula is C16H20ClNO2. The number of hydrogen-bond donors (Lipinski definition) is 1. The maximum Gasteiger partial charge on any atom is 0.220 e. The molecule has 1 saturated carbocycles. The molecule has 1 heterocycles. The minimum absolute atomic E-state index is 0.148. The van der Waals surface area contributed by atoms with Crippen LogP contribution in [0.5, 0.6) is 0 Å². The second-order valence-corrected chi connectivity index (χ2v) is 6.18. The second-order valence-electron chi connectivity index (χ2n) is 5.74. The van der Waals surface area contributed by atoms with Gasteiger partial charge in [0.15, 0.2) is 0 Å². The van der Waals surface area contributed by atoms with E-state index in [2.05, 4.69) is 11.4 Å². The molecular weight excluding hydrogens is 274 g/mol. The second kappa shape index (κ2) is 6.15. The number of carbonyl (C=O) groups is 1. The van der Waals surface area contributed by atoms with Crippen LogP contribution in [0.25, 0.3) is 0 Å². The van der Waals surface area contributed by atoms with E-state index < -0.39 is 0 Å². The van der Waals surface area contributed by atoms with Gasteiger partial charge in [0.1, 0.15) is 0 Å². The third-order valence-corrected chi connectivity index (χ3v) is 4.37. The highest BCUT2D eigenvalue weighted by atomic mass is 35.5. The summed E-state index contributed by atoms with van der Waals surface area (Å²) in [5, 5.41) is 3.87. The molecule has 0 unspecified atom stereocenters. The van der Waals surface area contributed by atoms with Crippen LogP contribution in [0.3, 0.4) is 0 Å². The maximum atomic E-state index is 11.9. The van der Waals surface area contributed by atoms with Gasteiger partial charge in [-0.2, -0.15) is 0 Å². The van der Waals surface area contributed by atoms with Crippen molar-refractivity contribution in [1.82, 2.24) is 5.32 Å². The third-order valence-electron chi connectivity index (χ3n) is 4.13. The van der Waals surface area contributed by atoms with Gasteiger partial charge in [-0.05, 0) is 43.4 Å². The van der Waals surface area contributed by atoms with E-state index in [9.17, 15) is 4.79 Å². The van der Waals surface area contributed by atoms with Crippen molar-refractivity contribution in [2.45, 2.75) is 50.2 Å². The summed E-state index contributed by atoms with van der Waals surface area (Å²) in [6, 6.07) is 8.19. The van der Waals surface area contributed by atoms with E-state index in [4.69, 9.17) is 16.3 Å². The highest BCUT2D eigenvalue weighted by molar-refractivity contribution is 6.30. The summed E-state index contributed by atoms with van der Waals surface area (Å²) < 4.78 is 5.53. The molecule has 0 aromatic heterocycles. The molecule has 0 spiro atoms. The Morgan fingerprint density at radius 3 is 3.10 bits per heavy atom. The van der Waals surface area contributed by atoms with E-state index in [-0.39, 0.29) is 11.9 Å². The van der Waals surface area contributed by atoms with Gasteiger partial charge in [0, 0.05) is 30.0 Å². The molecule has 1 amide bonds. The Balaban J connectivity index is 1.42. The summed E-state index contributed by atoms with van der Waals surface area (Å²) in [4.78, 5) is 11.9. The largest absolute Gasteiger partial charge is 0.378 e. The van der Waals surface area contributed by atoms with Crippen LogP contribution in [0.1, 0.15) is 43.6 Å². The summed E-state index contributed by atoms with van der Waals surface area (Å²) >= 11 is 5.99. The van der Waals surface area contributed by atoms with Crippen molar-refractivity contribution in [2.24, 2.45) is 0 Å². The van der Waals surface area contributed by atoms with Crippen molar-refractivity contribution in [3.05, 3.63) is 34.9 Å². The summed E-state index contributed by atoms with van der Waals surface area (Å²) in [5.74, 6) is 0.579. The molecule has 4 heteroatoms. The first kappa shape index (κ1) is 13.9. The number of benzene rings is 1. The molecule has 108 valence electrons. The van der Waals surface area contributed by atoms with Crippen LogP contribution in [-0.2, 0) is 9.53 Å². The van der Waals surface area contributed by atoms with Crippen molar-refractivity contribution >= 4 is 17.5 Å². The van der Waals surface area contributed by atoms with Crippen molar-refractivity contribution in [1.29, 1.82) is 0 Å². The fraction of sp³-hybridized carbons (Fsp3) is 0.562. The molecule has 1 aromatic rings. The molecule has 20 heavy (non-hydrogen) atoms. The quantitative estimate of drug-likeness (QED) is 0.905. The standard InChI is InChI=1S/C16H20ClNO2/c17-12-4-1-3-11(9-12)14-10-15(14)18-16(19)7-6-13-5-2-8-20-13/h1,3-4,9,13-15H,2,5-8,10H2,(H,18,19)/t13-,14+,15+/m0/s1. The maximum absolute atomic E-state index is 11.9. The lowest BCUT2D eigenvalue weighted by Crippen LogP contribution is -2.27. The summed E-state index contributed by atoms with van der Waals surface area (Å²) in [7, 11) is 0. The smallest absolute Gasteiger partial charge is 0.220 e. The van der Waals surface area contributed by atoms with Crippen LogP contribution in [-0.4, -0.2) is 24.7 Å². The highest BCUT2D eigenvalue weighted by Crippen LogP contribution is 2.41. The molecule has 0 radical (unpaired) electrons. The Bertz CT molecular complexity index is 485. The van der Waals surface area contributed by atoms with Crippen LogP contribution < -0.4 is 5.32 Å². The monoisotopic (exact) mass is 293 g/mol. The SMILES string of the molecule is O=C(CC[C@@H]1CCCO1)N[C@@H]1C[C@@H]1c1cccc(Cl)c1. The number of amides is 1. The molecule has 3 rings (SSSR count). The zero-order valence-corrected chi connectivity index (χ0v) is 12.2. The predicted molar refractivity (Wildman–Crippen MR) is 78.9 cm³/mol. The van der Waals surface area contributed by atoms with E-state index in [1.165, 1.54) is 5.56 Å². The predicted octanol–water partition coefficient (Wildman–Crippen LogP) is 3.27. The van der Waals surface area contributed by atoms with E-state index in [0.717, 1.165) is 37.3 Å². The van der Waals surface area contributed by atoms with Gasteiger partial charge in [-0.25, -0.2) is 0 Å². The fourth-order valence-electron chi connectivity index (χ4n) is 2.90. The number of carbonyl (C=O) groups excluding carboxylic acids is 1. The lowest BCUT2D eigenvalue weighted by atomic mass is 10.1. The van der Waals surface area contributed by atoms with Gasteiger partial charge < -0.3 is 10.1 Å². The van der Waals surface area contributed by atoms with Gasteiger partial charge in [0.05, 0.1) is 6.10 Å². The average Bonchev–Trinajstić information content (AvgIpc) is 2.99. The third kappa shape index (κ3) is 3.53. The van der Waals surface area contributed by atoms with Crippen LogP contribution in [0.15, 0.2) is 24.3 Å². The first-order chi connectivity index (χ1) is 9.72. The van der Waals surface area contributed by atoms with Gasteiger partial charge in [0.25, 0.3) is 0 Å². The van der Waals surface area contributed by atoms with E-state index in [1.807, 2.05) is 18.2 Å². The topological polar surface area (TPSA) is 38.3 Å². The Hall–Kier alpha value is -1.06. The van der Waals surface area contributed by atoms with Crippen molar-refractivity contribution in [3.63, 3.8) is 0 Å². The first-order valence-corrected chi connectivity index (χ1v) is 7.76. The van der Waals surface area contributed by atoms with E-state index >= 15 is 0 Å². The zero-order valence-electron chi connectivity index (χ0n) is 11.5. The molecule has 3 nitrogen and oxygen atoms in total. The fourth-order valence-corrected chi connectivity index (χ4v) is 3.10. The van der Waals surface area contributed by atoms with E-state index in [0.29, 0.717) is 18.4 Å². The molecule has 1 saturated heterocycles. The van der Waals surface area contributed by atoms with Crippen LogP contribution >= 0.6 is 11.6 Å². The molecule has 2 fully saturated rings. The number of hydrogen-bond acceptors (Lipinski definition) is 2. The average molecular weight is 294 g/mol. The number of ether oxygens (including phenoxy) is 1. The number of rotatable bonds is 5. The van der Waals surface area contributed by atoms with Crippen molar-refractivity contribution < 1.29 is 9.53 Å². The van der Waals surface area contributed by atoms with Crippen LogP contribution in [0.2, 0.25) is 5.02 Å². The van der Waals surface area contributed by atoms with Crippen LogP contribution in [0, 0.1) is 0 Å². The lowest BCUT2D eigenvalue weighted by Gasteiger charge is -2.09. The summed E-state index contributed by atoms with van der Waals surface area (Å²) in [6.07, 6.45) is 4.97. The minimum atomic E-state index is 0.148. The number of halogens is 1. The Kier molecular flexibility index (Phi) is 4.27. The van der Waals surface area contributed by atoms with Gasteiger partial charge >= 0.3 is 0 Å². The minimum Gasteiger partial charge on any atom is -0.378 e. The van der Waals surface area contributed by atoms with Crippen molar-refractivity contribution in [3.8, 4) is 0 Å². The van der Waals surface area contributed by atoms with Crippen LogP contribution in [0.4, 0.5) is 0 Å². The molecule has 3 atom stereocenters. The van der Waals surface area contributed by atoms with Crippen molar-refractivity contribution in [2.75, 3.05) is 6.61 Å². The van der Waals surface area contributed by atoms with Gasteiger partial charge in [-0.15, -0.1) is 0 Å². The lowest BCUT2D eigenvalue weighted by molar-refractivity contribution is -0.121. The molecule has 1 aromatic carbocycles. The van der Waals surface area contributed by atoms with Gasteiger partial charge in [-0.1, -0.05) is 23.7 Å².